The van der Waals surface area contributed by atoms with E-state index in [0.29, 0.717) is 34.2 Å². The van der Waals surface area contributed by atoms with Crippen LogP contribution in [0.15, 0.2) is 84.2 Å². The lowest BCUT2D eigenvalue weighted by Crippen LogP contribution is -2.22. The maximum absolute atomic E-state index is 13.0. The van der Waals surface area contributed by atoms with Gasteiger partial charge in [-0.15, -0.1) is 6.58 Å². The van der Waals surface area contributed by atoms with Crippen LogP contribution in [0.5, 0.6) is 17.2 Å². The fraction of sp³-hybridized carbons (Fsp3) is 0.143. The van der Waals surface area contributed by atoms with Gasteiger partial charge in [0.05, 0.1) is 22.7 Å². The highest BCUT2D eigenvalue weighted by Crippen LogP contribution is 2.28. The van der Waals surface area contributed by atoms with Crippen molar-refractivity contribution in [2.24, 2.45) is 0 Å². The van der Waals surface area contributed by atoms with Gasteiger partial charge in [0.1, 0.15) is 19.0 Å². The monoisotopic (exact) mass is 484 g/mol. The van der Waals surface area contributed by atoms with Gasteiger partial charge < -0.3 is 14.2 Å². The third kappa shape index (κ3) is 4.63. The van der Waals surface area contributed by atoms with Gasteiger partial charge in [-0.1, -0.05) is 53.8 Å². The number of allylic oxidation sites excluding steroid dienone is 1. The standard InChI is InChI=1S/C28H24N2O4S/c1-3-8-20-9-4-7-12-23(20)33-15-16-34-24-14-13-19(17-25(24)32-2)18-26-27(31)30-22-11-6-5-10-21(22)29-28(30)35-26/h3-7,9-14,17-18H,1,8,15-16H2,2H3/b26-18-. The highest BCUT2D eigenvalue weighted by molar-refractivity contribution is 7.15. The number of methoxy groups -OCH3 is 1. The van der Waals surface area contributed by atoms with Crippen molar-refractivity contribution in [3.05, 3.63) is 105 Å². The lowest BCUT2D eigenvalue weighted by atomic mass is 10.1. The molecule has 6 nitrogen and oxygen atoms in total. The number of imidazole rings is 1. The van der Waals surface area contributed by atoms with Gasteiger partial charge in [0.15, 0.2) is 16.5 Å². The molecule has 2 aromatic heterocycles. The van der Waals surface area contributed by atoms with Crippen LogP contribution in [0.3, 0.4) is 0 Å². The summed E-state index contributed by atoms with van der Waals surface area (Å²) in [7, 11) is 1.60. The number of thiazole rings is 1. The summed E-state index contributed by atoms with van der Waals surface area (Å²) in [5.41, 5.74) is 3.49. The molecule has 3 aromatic carbocycles. The van der Waals surface area contributed by atoms with Crippen LogP contribution in [0.1, 0.15) is 11.1 Å². The highest BCUT2D eigenvalue weighted by Gasteiger charge is 2.11. The van der Waals surface area contributed by atoms with Crippen molar-refractivity contribution >= 4 is 33.4 Å². The summed E-state index contributed by atoms with van der Waals surface area (Å²) in [6, 6.07) is 21.1. The van der Waals surface area contributed by atoms with Crippen LogP contribution in [0.25, 0.3) is 22.1 Å². The average molecular weight is 485 g/mol. The number of nitrogens with zero attached hydrogens (tertiary/aromatic N) is 2. The number of hydrogen-bond donors (Lipinski definition) is 0. The maximum atomic E-state index is 13.0. The van der Waals surface area contributed by atoms with Crippen LogP contribution in [0.2, 0.25) is 0 Å². The zero-order valence-electron chi connectivity index (χ0n) is 19.3. The van der Waals surface area contributed by atoms with E-state index in [1.54, 1.807) is 11.5 Å². The Bertz CT molecular complexity index is 1620. The van der Waals surface area contributed by atoms with Crippen molar-refractivity contribution in [2.45, 2.75) is 6.42 Å². The highest BCUT2D eigenvalue weighted by atomic mass is 32.1. The molecule has 5 aromatic rings. The molecule has 0 fully saturated rings. The number of hydrogen-bond acceptors (Lipinski definition) is 6. The van der Waals surface area contributed by atoms with E-state index in [1.807, 2.05) is 78.9 Å². The third-order valence-corrected chi connectivity index (χ3v) is 6.53. The smallest absolute Gasteiger partial charge is 0.274 e. The molecule has 0 saturated carbocycles. The van der Waals surface area contributed by atoms with Gasteiger partial charge in [-0.05, 0) is 54.0 Å². The molecule has 176 valence electrons. The van der Waals surface area contributed by atoms with Crippen molar-refractivity contribution < 1.29 is 14.2 Å². The van der Waals surface area contributed by atoms with Crippen molar-refractivity contribution in [2.75, 3.05) is 20.3 Å². The summed E-state index contributed by atoms with van der Waals surface area (Å²) < 4.78 is 19.6. The SMILES string of the molecule is C=CCc1ccccc1OCCOc1ccc(/C=c2\sc3nc4ccccc4n3c2=O)cc1OC. The lowest BCUT2D eigenvalue weighted by Gasteiger charge is -2.13. The van der Waals surface area contributed by atoms with E-state index in [2.05, 4.69) is 11.6 Å². The van der Waals surface area contributed by atoms with E-state index in [1.165, 1.54) is 11.3 Å². The summed E-state index contributed by atoms with van der Waals surface area (Å²) >= 11 is 1.37. The molecule has 0 amide bonds. The zero-order chi connectivity index (χ0) is 24.2. The maximum Gasteiger partial charge on any atom is 0.274 e. The Balaban J connectivity index is 1.32. The summed E-state index contributed by atoms with van der Waals surface area (Å²) in [4.78, 5) is 18.3. The Morgan fingerprint density at radius 2 is 1.74 bits per heavy atom. The van der Waals surface area contributed by atoms with Crippen LogP contribution in [0, 0.1) is 0 Å². The predicted octanol–water partition coefficient (Wildman–Crippen LogP) is 4.65. The third-order valence-electron chi connectivity index (χ3n) is 5.57. The Kier molecular flexibility index (Phi) is 6.50. The summed E-state index contributed by atoms with van der Waals surface area (Å²) in [5, 5.41) is 0. The van der Waals surface area contributed by atoms with Crippen molar-refractivity contribution in [3.63, 3.8) is 0 Å². The van der Waals surface area contributed by atoms with E-state index in [-0.39, 0.29) is 5.56 Å². The minimum atomic E-state index is -0.0770. The first-order valence-electron chi connectivity index (χ1n) is 11.2. The van der Waals surface area contributed by atoms with E-state index >= 15 is 0 Å². The van der Waals surface area contributed by atoms with Crippen LogP contribution in [0.4, 0.5) is 0 Å². The summed E-state index contributed by atoms with van der Waals surface area (Å²) in [6.45, 7) is 4.55. The average Bonchev–Trinajstić information content (AvgIpc) is 3.39. The fourth-order valence-corrected chi connectivity index (χ4v) is 4.92. The fourth-order valence-electron chi connectivity index (χ4n) is 3.93. The zero-order valence-corrected chi connectivity index (χ0v) is 20.1. The molecule has 0 bridgehead atoms. The molecule has 0 aliphatic carbocycles. The van der Waals surface area contributed by atoms with Crippen LogP contribution < -0.4 is 24.3 Å². The Morgan fingerprint density at radius 3 is 2.57 bits per heavy atom. The second-order valence-corrected chi connectivity index (χ2v) is 8.85. The molecule has 35 heavy (non-hydrogen) atoms. The summed E-state index contributed by atoms with van der Waals surface area (Å²) in [6.07, 6.45) is 4.46. The minimum absolute atomic E-state index is 0.0770. The molecule has 0 N–H and O–H groups in total. The number of para-hydroxylation sites is 3. The van der Waals surface area contributed by atoms with E-state index in [0.717, 1.165) is 34.3 Å². The molecule has 0 aliphatic rings. The molecule has 5 rings (SSSR count). The van der Waals surface area contributed by atoms with E-state index < -0.39 is 0 Å². The second-order valence-electron chi connectivity index (χ2n) is 7.84. The lowest BCUT2D eigenvalue weighted by molar-refractivity contribution is 0.210. The largest absolute Gasteiger partial charge is 0.493 e. The van der Waals surface area contributed by atoms with E-state index in [4.69, 9.17) is 14.2 Å². The van der Waals surface area contributed by atoms with Crippen LogP contribution in [-0.2, 0) is 6.42 Å². The first kappa shape index (κ1) is 22.7. The van der Waals surface area contributed by atoms with E-state index in [9.17, 15) is 4.79 Å². The number of benzene rings is 3. The molecule has 7 heteroatoms. The number of rotatable bonds is 9. The Labute approximate surface area is 206 Å². The van der Waals surface area contributed by atoms with Gasteiger partial charge >= 0.3 is 0 Å². The quantitative estimate of drug-likeness (QED) is 0.225. The van der Waals surface area contributed by atoms with Gasteiger partial charge in [0, 0.05) is 0 Å². The Hall–Kier alpha value is -4.10. The summed E-state index contributed by atoms with van der Waals surface area (Å²) in [5.74, 6) is 2.03. The molecule has 0 spiro atoms. The van der Waals surface area contributed by atoms with Crippen molar-refractivity contribution in [3.8, 4) is 17.2 Å². The first-order valence-corrected chi connectivity index (χ1v) is 12.0. The van der Waals surface area contributed by atoms with Crippen molar-refractivity contribution in [1.29, 1.82) is 0 Å². The van der Waals surface area contributed by atoms with Crippen LogP contribution >= 0.6 is 11.3 Å². The molecule has 0 atom stereocenters. The molecule has 0 aliphatic heterocycles. The van der Waals surface area contributed by atoms with Crippen molar-refractivity contribution in [1.82, 2.24) is 9.38 Å². The molecule has 0 saturated heterocycles. The number of aromatic nitrogens is 2. The van der Waals surface area contributed by atoms with Crippen LogP contribution in [-0.4, -0.2) is 29.7 Å². The first-order chi connectivity index (χ1) is 17.2. The molecule has 0 radical (unpaired) electrons. The second kappa shape index (κ2) is 10.0. The minimum Gasteiger partial charge on any atom is -0.493 e. The molecular weight excluding hydrogens is 460 g/mol. The number of fused-ring (bicyclic) bond motifs is 3. The van der Waals surface area contributed by atoms with Gasteiger partial charge in [-0.3, -0.25) is 4.79 Å². The predicted molar refractivity (Wildman–Crippen MR) is 140 cm³/mol. The van der Waals surface area contributed by atoms with Gasteiger partial charge in [-0.25, -0.2) is 9.38 Å². The van der Waals surface area contributed by atoms with Gasteiger partial charge in [0.25, 0.3) is 5.56 Å². The van der Waals surface area contributed by atoms with Gasteiger partial charge in [0.2, 0.25) is 0 Å². The molecular formula is C28H24N2O4S. The normalized spacial score (nSPS) is 11.7. The molecule has 0 unspecified atom stereocenters. The Morgan fingerprint density at radius 1 is 0.971 bits per heavy atom. The van der Waals surface area contributed by atoms with Gasteiger partial charge in [-0.2, -0.15) is 0 Å². The number of ether oxygens (including phenoxy) is 3. The topological polar surface area (TPSA) is 62.1 Å². The molecule has 2 heterocycles.